The summed E-state index contributed by atoms with van der Waals surface area (Å²) in [6, 6.07) is 3.43. The third kappa shape index (κ3) is 4.12. The van der Waals surface area contributed by atoms with E-state index in [2.05, 4.69) is 19.6 Å². The van der Waals surface area contributed by atoms with Crippen LogP contribution in [0, 0.1) is 6.92 Å². The van der Waals surface area contributed by atoms with Crippen molar-refractivity contribution in [2.75, 3.05) is 0 Å². The van der Waals surface area contributed by atoms with Gasteiger partial charge in [0.25, 0.3) is 0 Å². The molecule has 0 spiro atoms. The summed E-state index contributed by atoms with van der Waals surface area (Å²) in [5.74, 6) is 0.594. The molecule has 0 fully saturated rings. The van der Waals surface area contributed by atoms with Gasteiger partial charge in [0.05, 0.1) is 6.33 Å². The molecule has 1 aromatic rings. The summed E-state index contributed by atoms with van der Waals surface area (Å²) >= 11 is 0. The SMILES string of the molecule is C=CF.CC1=CC(c2c(O)cc(C)cc2O)CCC1. The van der Waals surface area contributed by atoms with E-state index in [1.165, 1.54) is 5.57 Å². The average molecular weight is 264 g/mol. The molecule has 0 heterocycles. The van der Waals surface area contributed by atoms with Crippen LogP contribution in [-0.4, -0.2) is 10.2 Å². The monoisotopic (exact) mass is 264 g/mol. The summed E-state index contributed by atoms with van der Waals surface area (Å²) in [7, 11) is 0. The van der Waals surface area contributed by atoms with Gasteiger partial charge in [-0.3, -0.25) is 0 Å². The smallest absolute Gasteiger partial charge is 0.123 e. The average Bonchev–Trinajstić information content (AvgIpc) is 2.28. The summed E-state index contributed by atoms with van der Waals surface area (Å²) in [6.45, 7) is 6.67. The lowest BCUT2D eigenvalue weighted by Gasteiger charge is -2.21. The third-order valence-corrected chi connectivity index (χ3v) is 3.22. The van der Waals surface area contributed by atoms with Crippen molar-refractivity contribution < 1.29 is 14.6 Å². The van der Waals surface area contributed by atoms with Crippen LogP contribution < -0.4 is 0 Å². The van der Waals surface area contributed by atoms with E-state index >= 15 is 0 Å². The minimum atomic E-state index is 0.161. The summed E-state index contributed by atoms with van der Waals surface area (Å²) in [6.07, 6.45) is 5.67. The van der Waals surface area contributed by atoms with Gasteiger partial charge in [-0.25, -0.2) is 4.39 Å². The normalized spacial score (nSPS) is 18.1. The lowest BCUT2D eigenvalue weighted by molar-refractivity contribution is 0.428. The second-order valence-corrected chi connectivity index (χ2v) is 4.88. The lowest BCUT2D eigenvalue weighted by atomic mass is 9.85. The number of halogens is 1. The maximum atomic E-state index is 10.1. The van der Waals surface area contributed by atoms with Crippen molar-refractivity contribution >= 4 is 0 Å². The Morgan fingerprint density at radius 3 is 2.26 bits per heavy atom. The zero-order valence-corrected chi connectivity index (χ0v) is 11.5. The first kappa shape index (κ1) is 15.3. The molecule has 1 atom stereocenters. The fraction of sp³-hybridized carbons (Fsp3) is 0.375. The largest absolute Gasteiger partial charge is 0.507 e. The van der Waals surface area contributed by atoms with Gasteiger partial charge in [-0.2, -0.15) is 0 Å². The van der Waals surface area contributed by atoms with E-state index in [1.807, 2.05) is 6.92 Å². The highest BCUT2D eigenvalue weighted by molar-refractivity contribution is 5.50. The van der Waals surface area contributed by atoms with Gasteiger partial charge < -0.3 is 10.2 Å². The number of aromatic hydroxyl groups is 2. The van der Waals surface area contributed by atoms with Gasteiger partial charge in [0.15, 0.2) is 0 Å². The van der Waals surface area contributed by atoms with E-state index in [1.54, 1.807) is 12.1 Å². The molecular formula is C16H21FO2. The zero-order valence-electron chi connectivity index (χ0n) is 11.5. The van der Waals surface area contributed by atoms with Gasteiger partial charge in [0, 0.05) is 11.5 Å². The number of hydrogen-bond acceptors (Lipinski definition) is 2. The highest BCUT2D eigenvalue weighted by atomic mass is 19.1. The first-order valence-corrected chi connectivity index (χ1v) is 6.40. The fourth-order valence-electron chi connectivity index (χ4n) is 2.48. The Hall–Kier alpha value is -1.77. The van der Waals surface area contributed by atoms with E-state index in [-0.39, 0.29) is 23.7 Å². The van der Waals surface area contributed by atoms with Gasteiger partial charge in [0.2, 0.25) is 0 Å². The highest BCUT2D eigenvalue weighted by Crippen LogP contribution is 2.41. The molecule has 0 amide bonds. The van der Waals surface area contributed by atoms with Crippen LogP contribution in [0.5, 0.6) is 11.5 Å². The Labute approximate surface area is 113 Å². The molecule has 2 rings (SSSR count). The Kier molecular flexibility index (Phi) is 5.61. The Morgan fingerprint density at radius 1 is 1.26 bits per heavy atom. The molecule has 1 aliphatic carbocycles. The molecule has 2 N–H and O–H groups in total. The molecule has 19 heavy (non-hydrogen) atoms. The Bertz CT molecular complexity index is 455. The molecule has 2 nitrogen and oxygen atoms in total. The van der Waals surface area contributed by atoms with Crippen molar-refractivity contribution in [2.45, 2.75) is 39.0 Å². The first-order valence-electron chi connectivity index (χ1n) is 6.40. The van der Waals surface area contributed by atoms with Crippen LogP contribution >= 0.6 is 0 Å². The van der Waals surface area contributed by atoms with E-state index < -0.39 is 0 Å². The first-order chi connectivity index (χ1) is 8.99. The minimum absolute atomic E-state index is 0.161. The highest BCUT2D eigenvalue weighted by Gasteiger charge is 2.20. The van der Waals surface area contributed by atoms with Crippen molar-refractivity contribution in [1.82, 2.24) is 0 Å². The van der Waals surface area contributed by atoms with Gasteiger partial charge in [-0.15, -0.1) is 0 Å². The molecule has 1 aromatic carbocycles. The number of rotatable bonds is 1. The number of hydrogen-bond donors (Lipinski definition) is 2. The summed E-state index contributed by atoms with van der Waals surface area (Å²) in [5.41, 5.74) is 2.91. The van der Waals surface area contributed by atoms with Crippen molar-refractivity contribution in [3.8, 4) is 11.5 Å². The van der Waals surface area contributed by atoms with Crippen molar-refractivity contribution in [3.63, 3.8) is 0 Å². The van der Waals surface area contributed by atoms with E-state index in [0.717, 1.165) is 24.8 Å². The van der Waals surface area contributed by atoms with Crippen LogP contribution in [0.25, 0.3) is 0 Å². The van der Waals surface area contributed by atoms with Crippen LogP contribution in [0.4, 0.5) is 4.39 Å². The quantitative estimate of drug-likeness (QED) is 0.720. The topological polar surface area (TPSA) is 40.5 Å². The molecule has 0 aliphatic heterocycles. The molecule has 0 saturated heterocycles. The minimum Gasteiger partial charge on any atom is -0.507 e. The molecule has 0 aromatic heterocycles. The van der Waals surface area contributed by atoms with Gasteiger partial charge in [-0.05, 0) is 50.8 Å². The molecule has 1 aliphatic rings. The second kappa shape index (κ2) is 6.98. The summed E-state index contributed by atoms with van der Waals surface area (Å²) < 4.78 is 10.1. The van der Waals surface area contributed by atoms with Crippen LogP contribution in [0.3, 0.4) is 0 Å². The lowest BCUT2D eigenvalue weighted by Crippen LogP contribution is -2.03. The van der Waals surface area contributed by atoms with Gasteiger partial charge >= 0.3 is 0 Å². The fourth-order valence-corrected chi connectivity index (χ4v) is 2.48. The molecule has 0 bridgehead atoms. The zero-order chi connectivity index (χ0) is 14.4. The van der Waals surface area contributed by atoms with Crippen LogP contribution in [0.1, 0.15) is 43.2 Å². The van der Waals surface area contributed by atoms with Gasteiger partial charge in [-0.1, -0.05) is 18.2 Å². The van der Waals surface area contributed by atoms with Crippen LogP contribution in [-0.2, 0) is 0 Å². The summed E-state index contributed by atoms with van der Waals surface area (Å²) in [5, 5.41) is 19.8. The molecule has 1 unspecified atom stereocenters. The molecule has 0 radical (unpaired) electrons. The van der Waals surface area contributed by atoms with Crippen molar-refractivity contribution in [1.29, 1.82) is 0 Å². The van der Waals surface area contributed by atoms with Crippen molar-refractivity contribution in [2.24, 2.45) is 0 Å². The summed E-state index contributed by atoms with van der Waals surface area (Å²) in [4.78, 5) is 0. The number of aryl methyl sites for hydroxylation is 1. The number of allylic oxidation sites excluding steroid dienone is 2. The van der Waals surface area contributed by atoms with Gasteiger partial charge in [0.1, 0.15) is 11.5 Å². The molecule has 0 saturated carbocycles. The number of benzene rings is 1. The second-order valence-electron chi connectivity index (χ2n) is 4.88. The molecule has 3 heteroatoms. The van der Waals surface area contributed by atoms with Crippen LogP contribution in [0.15, 0.2) is 36.7 Å². The molecular weight excluding hydrogens is 243 g/mol. The number of phenols is 2. The van der Waals surface area contributed by atoms with E-state index in [4.69, 9.17) is 0 Å². The molecule has 104 valence electrons. The van der Waals surface area contributed by atoms with E-state index in [0.29, 0.717) is 5.56 Å². The predicted octanol–water partition coefficient (Wildman–Crippen LogP) is 4.72. The standard InChI is InChI=1S/C14H18O2.C2H3F/c1-9-4-3-5-11(6-9)14-12(15)7-10(2)8-13(14)16;1-2-3/h6-8,11,15-16H,3-5H2,1-2H3;2H,1H2. The van der Waals surface area contributed by atoms with Crippen molar-refractivity contribution in [3.05, 3.63) is 47.8 Å². The van der Waals surface area contributed by atoms with Crippen LogP contribution in [0.2, 0.25) is 0 Å². The predicted molar refractivity (Wildman–Crippen MR) is 76.2 cm³/mol. The maximum absolute atomic E-state index is 10.1. The van der Waals surface area contributed by atoms with E-state index in [9.17, 15) is 14.6 Å². The number of phenolic OH excluding ortho intramolecular Hbond substituents is 2. The third-order valence-electron chi connectivity index (χ3n) is 3.22. The Morgan fingerprint density at radius 2 is 1.79 bits per heavy atom. The Balaban J connectivity index is 0.000000550. The maximum Gasteiger partial charge on any atom is 0.123 e.